The van der Waals surface area contributed by atoms with E-state index in [0.717, 1.165) is 5.56 Å². The van der Waals surface area contributed by atoms with Crippen LogP contribution in [0.3, 0.4) is 0 Å². The molecule has 0 aliphatic carbocycles. The molecule has 0 fully saturated rings. The Morgan fingerprint density at radius 2 is 1.72 bits per heavy atom. The van der Waals surface area contributed by atoms with E-state index in [1.807, 2.05) is 30.3 Å². The maximum Gasteiger partial charge on any atom is 0.273 e. The topological polar surface area (TPSA) is 100 Å². The Labute approximate surface area is 145 Å². The first-order chi connectivity index (χ1) is 12.0. The lowest BCUT2D eigenvalue weighted by atomic mass is 10.1. The molecule has 0 saturated carbocycles. The van der Waals surface area contributed by atoms with Crippen molar-refractivity contribution in [2.24, 2.45) is 0 Å². The van der Waals surface area contributed by atoms with Crippen LogP contribution in [0.4, 0.5) is 0 Å². The van der Waals surface area contributed by atoms with E-state index in [0.29, 0.717) is 17.1 Å². The minimum Gasteiger partial charge on any atom is -0.466 e. The minimum atomic E-state index is -0.448. The molecule has 1 heterocycles. The highest BCUT2D eigenvalue weighted by molar-refractivity contribution is 5.96. The third-order valence-corrected chi connectivity index (χ3v) is 3.48. The molecule has 2 aromatic rings. The van der Waals surface area contributed by atoms with E-state index in [9.17, 15) is 14.4 Å². The van der Waals surface area contributed by atoms with Gasteiger partial charge in [-0.25, -0.2) is 0 Å². The van der Waals surface area contributed by atoms with Crippen molar-refractivity contribution in [2.45, 2.75) is 26.7 Å². The maximum atomic E-state index is 11.9. The van der Waals surface area contributed by atoms with Gasteiger partial charge in [-0.3, -0.25) is 25.2 Å². The summed E-state index contributed by atoms with van der Waals surface area (Å²) in [7, 11) is 0. The molecule has 0 saturated heterocycles. The van der Waals surface area contributed by atoms with Crippen LogP contribution in [0.1, 0.15) is 33.9 Å². The molecule has 0 unspecified atom stereocenters. The van der Waals surface area contributed by atoms with Crippen molar-refractivity contribution in [1.29, 1.82) is 0 Å². The molecule has 2 rings (SSSR count). The van der Waals surface area contributed by atoms with Gasteiger partial charge in [-0.2, -0.15) is 0 Å². The van der Waals surface area contributed by atoms with Crippen LogP contribution in [-0.2, 0) is 16.0 Å². The van der Waals surface area contributed by atoms with Crippen LogP contribution in [0, 0.1) is 13.8 Å². The zero-order valence-corrected chi connectivity index (χ0v) is 14.2. The number of hydrogen-bond donors (Lipinski definition) is 3. The number of nitrogens with one attached hydrogen (secondary N) is 3. The lowest BCUT2D eigenvalue weighted by Crippen LogP contribution is -2.43. The van der Waals surface area contributed by atoms with Crippen molar-refractivity contribution in [3.8, 4) is 0 Å². The van der Waals surface area contributed by atoms with Crippen molar-refractivity contribution >= 4 is 17.7 Å². The number of hydrogen-bond acceptors (Lipinski definition) is 4. The molecule has 7 nitrogen and oxygen atoms in total. The summed E-state index contributed by atoms with van der Waals surface area (Å²) in [5.74, 6) is 0.0992. The summed E-state index contributed by atoms with van der Waals surface area (Å²) < 4.78 is 5.26. The first kappa shape index (κ1) is 18.3. The van der Waals surface area contributed by atoms with Gasteiger partial charge in [0.1, 0.15) is 11.5 Å². The Morgan fingerprint density at radius 3 is 2.36 bits per heavy atom. The van der Waals surface area contributed by atoms with Crippen LogP contribution in [0.5, 0.6) is 0 Å². The van der Waals surface area contributed by atoms with Crippen molar-refractivity contribution < 1.29 is 18.8 Å². The second kappa shape index (κ2) is 8.68. The second-order valence-electron chi connectivity index (χ2n) is 5.59. The molecule has 3 amide bonds. The molecule has 1 aromatic carbocycles. The fourth-order valence-electron chi connectivity index (χ4n) is 2.27. The van der Waals surface area contributed by atoms with E-state index in [2.05, 4.69) is 16.2 Å². The SMILES string of the molecule is Cc1cc(C(=O)NNC(=O)CCNC(=O)Cc2ccccc2)c(C)o1. The zero-order valence-electron chi connectivity index (χ0n) is 14.2. The number of carbonyl (C=O) groups excluding carboxylic acids is 3. The lowest BCUT2D eigenvalue weighted by Gasteiger charge is -2.08. The summed E-state index contributed by atoms with van der Waals surface area (Å²) >= 11 is 0. The van der Waals surface area contributed by atoms with Crippen LogP contribution in [0.15, 0.2) is 40.8 Å². The van der Waals surface area contributed by atoms with Crippen molar-refractivity contribution in [3.05, 3.63) is 59.0 Å². The van der Waals surface area contributed by atoms with Crippen LogP contribution >= 0.6 is 0 Å². The standard InChI is InChI=1S/C18H21N3O4/c1-12-10-15(13(2)25-12)18(24)21-20-16(22)8-9-19-17(23)11-14-6-4-3-5-7-14/h3-7,10H,8-9,11H2,1-2H3,(H,19,23)(H,20,22)(H,21,24). The van der Waals surface area contributed by atoms with Gasteiger partial charge >= 0.3 is 0 Å². The molecule has 0 aliphatic heterocycles. The Hall–Kier alpha value is -3.09. The maximum absolute atomic E-state index is 11.9. The molecule has 7 heteroatoms. The first-order valence-electron chi connectivity index (χ1n) is 7.92. The van der Waals surface area contributed by atoms with Gasteiger partial charge < -0.3 is 9.73 Å². The lowest BCUT2D eigenvalue weighted by molar-refractivity contribution is -0.122. The number of rotatable bonds is 6. The molecule has 3 N–H and O–H groups in total. The fraction of sp³-hybridized carbons (Fsp3) is 0.278. The molecule has 0 atom stereocenters. The van der Waals surface area contributed by atoms with Crippen LogP contribution in [0.2, 0.25) is 0 Å². The van der Waals surface area contributed by atoms with E-state index < -0.39 is 11.8 Å². The predicted molar refractivity (Wildman–Crippen MR) is 91.6 cm³/mol. The number of amides is 3. The van der Waals surface area contributed by atoms with Gasteiger partial charge in [-0.1, -0.05) is 30.3 Å². The van der Waals surface area contributed by atoms with Gasteiger partial charge in [0.2, 0.25) is 11.8 Å². The summed E-state index contributed by atoms with van der Waals surface area (Å²) in [6.45, 7) is 3.60. The van der Waals surface area contributed by atoms with E-state index in [4.69, 9.17) is 4.42 Å². The molecule has 0 aliphatic rings. The summed E-state index contributed by atoms with van der Waals surface area (Å²) in [6, 6.07) is 10.9. The highest BCUT2D eigenvalue weighted by Gasteiger charge is 2.14. The Bertz CT molecular complexity index is 753. The third-order valence-electron chi connectivity index (χ3n) is 3.48. The summed E-state index contributed by atoms with van der Waals surface area (Å²) in [4.78, 5) is 35.4. The van der Waals surface area contributed by atoms with Crippen molar-refractivity contribution in [2.75, 3.05) is 6.54 Å². The molecule has 25 heavy (non-hydrogen) atoms. The van der Waals surface area contributed by atoms with Gasteiger partial charge in [0.05, 0.1) is 12.0 Å². The fourth-order valence-corrected chi connectivity index (χ4v) is 2.27. The number of furan rings is 1. The third kappa shape index (κ3) is 5.80. The largest absolute Gasteiger partial charge is 0.466 e. The van der Waals surface area contributed by atoms with Gasteiger partial charge in [0.15, 0.2) is 0 Å². The molecule has 0 bridgehead atoms. The van der Waals surface area contributed by atoms with Gasteiger partial charge in [0.25, 0.3) is 5.91 Å². The van der Waals surface area contributed by atoms with Gasteiger partial charge in [0, 0.05) is 13.0 Å². The predicted octanol–water partition coefficient (Wildman–Crippen LogP) is 1.41. The quantitative estimate of drug-likeness (QED) is 0.690. The first-order valence-corrected chi connectivity index (χ1v) is 7.92. The van der Waals surface area contributed by atoms with Crippen molar-refractivity contribution in [3.63, 3.8) is 0 Å². The smallest absolute Gasteiger partial charge is 0.273 e. The zero-order chi connectivity index (χ0) is 18.2. The average molecular weight is 343 g/mol. The highest BCUT2D eigenvalue weighted by Crippen LogP contribution is 2.12. The molecule has 1 aromatic heterocycles. The second-order valence-corrected chi connectivity index (χ2v) is 5.59. The number of benzene rings is 1. The molecular formula is C18H21N3O4. The summed E-state index contributed by atoms with van der Waals surface area (Å²) in [5, 5.41) is 2.67. The summed E-state index contributed by atoms with van der Waals surface area (Å²) in [6.07, 6.45) is 0.322. The van der Waals surface area contributed by atoms with Gasteiger partial charge in [-0.05, 0) is 25.5 Å². The van der Waals surface area contributed by atoms with E-state index in [-0.39, 0.29) is 25.3 Å². The molecular weight excluding hydrogens is 322 g/mol. The van der Waals surface area contributed by atoms with Crippen LogP contribution in [0.25, 0.3) is 0 Å². The van der Waals surface area contributed by atoms with Crippen molar-refractivity contribution in [1.82, 2.24) is 16.2 Å². The molecule has 132 valence electrons. The normalized spacial score (nSPS) is 10.2. The van der Waals surface area contributed by atoms with Gasteiger partial charge in [-0.15, -0.1) is 0 Å². The van der Waals surface area contributed by atoms with Crippen LogP contribution < -0.4 is 16.2 Å². The van der Waals surface area contributed by atoms with E-state index in [1.54, 1.807) is 19.9 Å². The molecule has 0 spiro atoms. The monoisotopic (exact) mass is 343 g/mol. The summed E-state index contributed by atoms with van der Waals surface area (Å²) in [5.41, 5.74) is 5.90. The Balaban J connectivity index is 1.66. The number of hydrazine groups is 1. The number of carbonyl (C=O) groups is 3. The highest BCUT2D eigenvalue weighted by atomic mass is 16.3. The number of aryl methyl sites for hydroxylation is 2. The van der Waals surface area contributed by atoms with E-state index >= 15 is 0 Å². The average Bonchev–Trinajstić information content (AvgIpc) is 2.92. The van der Waals surface area contributed by atoms with E-state index in [1.165, 1.54) is 0 Å². The molecule has 0 radical (unpaired) electrons. The minimum absolute atomic E-state index is 0.0597. The van der Waals surface area contributed by atoms with Crippen LogP contribution in [-0.4, -0.2) is 24.3 Å². The Morgan fingerprint density at radius 1 is 1.00 bits per heavy atom. The Kier molecular flexibility index (Phi) is 6.33.